The van der Waals surface area contributed by atoms with Crippen LogP contribution in [0.2, 0.25) is 0 Å². The standard InChI is InChI=1S/C15H21IO9/c1-7(17)21-6-12-14(23-9(3)19)13(22-8(2)18)11(5-16)15(25-12)24-10(4)20/h11-15H,5-6H2,1-4H3/t11-,12-,13-,14-,15-/m1/s1. The molecule has 0 aliphatic carbocycles. The Kier molecular flexibility index (Phi) is 8.56. The molecule has 1 saturated heterocycles. The molecule has 0 radical (unpaired) electrons. The third kappa shape index (κ3) is 6.77. The number of ether oxygens (including phenoxy) is 5. The van der Waals surface area contributed by atoms with Crippen molar-refractivity contribution in [1.29, 1.82) is 0 Å². The van der Waals surface area contributed by atoms with Crippen LogP contribution >= 0.6 is 22.6 Å². The van der Waals surface area contributed by atoms with Crippen LogP contribution < -0.4 is 0 Å². The summed E-state index contributed by atoms with van der Waals surface area (Å²) in [6.07, 6.45) is -3.92. The monoisotopic (exact) mass is 472 g/mol. The highest BCUT2D eigenvalue weighted by molar-refractivity contribution is 14.1. The normalized spacial score (nSPS) is 28.6. The van der Waals surface area contributed by atoms with Crippen molar-refractivity contribution in [3.8, 4) is 0 Å². The highest BCUT2D eigenvalue weighted by Gasteiger charge is 2.51. The summed E-state index contributed by atoms with van der Waals surface area (Å²) in [6, 6.07) is 0. The third-order valence-electron chi connectivity index (χ3n) is 3.29. The summed E-state index contributed by atoms with van der Waals surface area (Å²) in [6.45, 7) is 4.59. The lowest BCUT2D eigenvalue weighted by Crippen LogP contribution is -2.60. The van der Waals surface area contributed by atoms with Gasteiger partial charge in [0.2, 0.25) is 6.29 Å². The van der Waals surface area contributed by atoms with E-state index < -0.39 is 54.4 Å². The van der Waals surface area contributed by atoms with E-state index in [1.54, 1.807) is 0 Å². The molecule has 0 unspecified atom stereocenters. The van der Waals surface area contributed by atoms with E-state index in [0.29, 0.717) is 4.43 Å². The van der Waals surface area contributed by atoms with Crippen molar-refractivity contribution in [2.24, 2.45) is 5.92 Å². The SMILES string of the molecule is CC(=O)OC[C@H]1O[C@@H](OC(C)=O)[C@H](CI)[C@@H](OC(C)=O)[C@@H]1OC(C)=O. The molecule has 10 heteroatoms. The van der Waals surface area contributed by atoms with Gasteiger partial charge < -0.3 is 23.7 Å². The molecule has 1 rings (SSSR count). The van der Waals surface area contributed by atoms with Gasteiger partial charge in [0.15, 0.2) is 12.2 Å². The van der Waals surface area contributed by atoms with E-state index in [1.807, 2.05) is 22.6 Å². The largest absolute Gasteiger partial charge is 0.463 e. The summed E-state index contributed by atoms with van der Waals surface area (Å²) in [5.74, 6) is -2.91. The van der Waals surface area contributed by atoms with E-state index in [1.165, 1.54) is 27.7 Å². The van der Waals surface area contributed by atoms with Crippen LogP contribution in [-0.4, -0.2) is 59.5 Å². The molecular formula is C15H21IO9. The quantitative estimate of drug-likeness (QED) is 0.239. The molecule has 1 aliphatic heterocycles. The summed E-state index contributed by atoms with van der Waals surface area (Å²) in [4.78, 5) is 45.4. The molecule has 0 aromatic carbocycles. The van der Waals surface area contributed by atoms with Gasteiger partial charge in [0, 0.05) is 32.1 Å². The minimum atomic E-state index is -1.04. The fourth-order valence-electron chi connectivity index (χ4n) is 2.41. The fraction of sp³-hybridized carbons (Fsp3) is 0.733. The molecule has 0 aromatic heterocycles. The molecular weight excluding hydrogens is 451 g/mol. The van der Waals surface area contributed by atoms with Gasteiger partial charge in [-0.2, -0.15) is 0 Å². The number of carbonyl (C=O) groups excluding carboxylic acids is 4. The van der Waals surface area contributed by atoms with Crippen LogP contribution in [0.4, 0.5) is 0 Å². The lowest BCUT2D eigenvalue weighted by molar-refractivity contribution is -0.279. The van der Waals surface area contributed by atoms with Crippen molar-refractivity contribution in [2.75, 3.05) is 11.0 Å². The van der Waals surface area contributed by atoms with Gasteiger partial charge in [0.25, 0.3) is 0 Å². The van der Waals surface area contributed by atoms with Crippen molar-refractivity contribution in [2.45, 2.75) is 52.3 Å². The van der Waals surface area contributed by atoms with Crippen molar-refractivity contribution >= 4 is 46.5 Å². The second-order valence-corrected chi connectivity index (χ2v) is 6.30. The summed E-state index contributed by atoms with van der Waals surface area (Å²) in [5, 5.41) is 0. The molecule has 0 aromatic rings. The Morgan fingerprint density at radius 1 is 0.840 bits per heavy atom. The first-order chi connectivity index (χ1) is 11.6. The number of alkyl halides is 1. The van der Waals surface area contributed by atoms with E-state index in [2.05, 4.69) is 0 Å². The average molecular weight is 472 g/mol. The molecule has 5 atom stereocenters. The number of hydrogen-bond acceptors (Lipinski definition) is 9. The highest BCUT2D eigenvalue weighted by Crippen LogP contribution is 2.33. The van der Waals surface area contributed by atoms with E-state index in [-0.39, 0.29) is 6.61 Å². The van der Waals surface area contributed by atoms with Crippen LogP contribution in [0.1, 0.15) is 27.7 Å². The minimum absolute atomic E-state index is 0.253. The topological polar surface area (TPSA) is 114 Å². The van der Waals surface area contributed by atoms with Crippen LogP contribution in [-0.2, 0) is 42.9 Å². The van der Waals surface area contributed by atoms with Gasteiger partial charge in [0.1, 0.15) is 12.7 Å². The van der Waals surface area contributed by atoms with Crippen molar-refractivity contribution in [1.82, 2.24) is 0 Å². The maximum absolute atomic E-state index is 11.5. The summed E-state index contributed by atoms with van der Waals surface area (Å²) < 4.78 is 26.7. The maximum atomic E-state index is 11.5. The summed E-state index contributed by atoms with van der Waals surface area (Å²) in [7, 11) is 0. The number of halogens is 1. The minimum Gasteiger partial charge on any atom is -0.463 e. The average Bonchev–Trinajstić information content (AvgIpc) is 2.46. The van der Waals surface area contributed by atoms with E-state index in [0.717, 1.165) is 0 Å². The Balaban J connectivity index is 3.16. The van der Waals surface area contributed by atoms with Crippen molar-refractivity contribution < 1.29 is 42.9 Å². The number of hydrogen-bond donors (Lipinski definition) is 0. The van der Waals surface area contributed by atoms with Gasteiger partial charge >= 0.3 is 23.9 Å². The van der Waals surface area contributed by atoms with Crippen LogP contribution in [0, 0.1) is 5.92 Å². The van der Waals surface area contributed by atoms with E-state index in [9.17, 15) is 19.2 Å². The molecule has 1 heterocycles. The Bertz CT molecular complexity index is 521. The molecule has 142 valence electrons. The van der Waals surface area contributed by atoms with E-state index >= 15 is 0 Å². The third-order valence-corrected chi connectivity index (χ3v) is 4.30. The van der Waals surface area contributed by atoms with Gasteiger partial charge in [-0.25, -0.2) is 0 Å². The second kappa shape index (κ2) is 9.90. The summed E-state index contributed by atoms with van der Waals surface area (Å²) >= 11 is 2.02. The van der Waals surface area contributed by atoms with Gasteiger partial charge in [0.05, 0.1) is 5.92 Å². The van der Waals surface area contributed by atoms with Crippen LogP contribution in [0.5, 0.6) is 0 Å². The fourth-order valence-corrected chi connectivity index (χ4v) is 3.33. The van der Waals surface area contributed by atoms with Crippen molar-refractivity contribution in [3.63, 3.8) is 0 Å². The van der Waals surface area contributed by atoms with Gasteiger partial charge in [-0.1, -0.05) is 22.6 Å². The second-order valence-electron chi connectivity index (χ2n) is 5.42. The molecule has 0 bridgehead atoms. The van der Waals surface area contributed by atoms with E-state index in [4.69, 9.17) is 23.7 Å². The molecule has 0 amide bonds. The van der Waals surface area contributed by atoms with Crippen LogP contribution in [0.25, 0.3) is 0 Å². The number of rotatable bonds is 6. The Morgan fingerprint density at radius 2 is 1.36 bits per heavy atom. The maximum Gasteiger partial charge on any atom is 0.304 e. The van der Waals surface area contributed by atoms with Gasteiger partial charge in [-0.3, -0.25) is 19.2 Å². The Hall–Kier alpha value is -1.43. The molecule has 0 spiro atoms. The number of esters is 4. The molecule has 0 N–H and O–H groups in total. The first-order valence-electron chi connectivity index (χ1n) is 7.52. The molecule has 25 heavy (non-hydrogen) atoms. The van der Waals surface area contributed by atoms with Crippen LogP contribution in [0.15, 0.2) is 0 Å². The van der Waals surface area contributed by atoms with Gasteiger partial charge in [-0.05, 0) is 0 Å². The van der Waals surface area contributed by atoms with Crippen LogP contribution in [0.3, 0.4) is 0 Å². The Morgan fingerprint density at radius 3 is 1.80 bits per heavy atom. The highest BCUT2D eigenvalue weighted by atomic mass is 127. The van der Waals surface area contributed by atoms with Crippen molar-refractivity contribution in [3.05, 3.63) is 0 Å². The zero-order chi connectivity index (χ0) is 19.1. The lowest BCUT2D eigenvalue weighted by atomic mass is 9.92. The molecule has 0 saturated carbocycles. The zero-order valence-corrected chi connectivity index (χ0v) is 16.5. The molecule has 1 aliphatic rings. The van der Waals surface area contributed by atoms with Gasteiger partial charge in [-0.15, -0.1) is 0 Å². The molecule has 1 fully saturated rings. The first kappa shape index (κ1) is 21.6. The predicted molar refractivity (Wildman–Crippen MR) is 90.5 cm³/mol. The number of carbonyl (C=O) groups is 4. The smallest absolute Gasteiger partial charge is 0.304 e. The molecule has 9 nitrogen and oxygen atoms in total. The zero-order valence-electron chi connectivity index (χ0n) is 14.4. The predicted octanol–water partition coefficient (Wildman–Crippen LogP) is 0.752. The lowest BCUT2D eigenvalue weighted by Gasteiger charge is -2.44. The summed E-state index contributed by atoms with van der Waals surface area (Å²) in [5.41, 5.74) is 0. The Labute approximate surface area is 158 Å². The first-order valence-corrected chi connectivity index (χ1v) is 9.04.